The fourth-order valence-corrected chi connectivity index (χ4v) is 1.94. The molecule has 0 heterocycles. The van der Waals surface area contributed by atoms with Crippen LogP contribution < -0.4 is 10.6 Å². The molecular formula is C13H9Cl3N2O2. The summed E-state index contributed by atoms with van der Waals surface area (Å²) >= 11 is 17.4. The third-order valence-electron chi connectivity index (χ3n) is 2.38. The molecule has 0 unspecified atom stereocenters. The van der Waals surface area contributed by atoms with Crippen LogP contribution in [0.15, 0.2) is 36.4 Å². The van der Waals surface area contributed by atoms with Crippen molar-refractivity contribution >= 4 is 52.2 Å². The van der Waals surface area contributed by atoms with Crippen molar-refractivity contribution in [1.82, 2.24) is 0 Å². The van der Waals surface area contributed by atoms with Gasteiger partial charge >= 0.3 is 6.03 Å². The summed E-state index contributed by atoms with van der Waals surface area (Å²) in [4.78, 5) is 11.8. The average Bonchev–Trinajstić information content (AvgIpc) is 2.38. The Kier molecular flexibility index (Phi) is 4.60. The first-order valence-electron chi connectivity index (χ1n) is 5.47. The lowest BCUT2D eigenvalue weighted by Crippen LogP contribution is -2.19. The zero-order valence-electron chi connectivity index (χ0n) is 9.95. The van der Waals surface area contributed by atoms with E-state index in [4.69, 9.17) is 34.8 Å². The number of halogens is 3. The highest BCUT2D eigenvalue weighted by molar-refractivity contribution is 6.42. The van der Waals surface area contributed by atoms with E-state index in [1.54, 1.807) is 12.1 Å². The highest BCUT2D eigenvalue weighted by Crippen LogP contribution is 2.27. The molecule has 0 aliphatic carbocycles. The Morgan fingerprint density at radius 2 is 1.70 bits per heavy atom. The van der Waals surface area contributed by atoms with Gasteiger partial charge < -0.3 is 15.7 Å². The van der Waals surface area contributed by atoms with Crippen LogP contribution in [0, 0.1) is 0 Å². The third-order valence-corrected chi connectivity index (χ3v) is 3.36. The number of phenols is 1. The van der Waals surface area contributed by atoms with Gasteiger partial charge in [0.15, 0.2) is 0 Å². The Morgan fingerprint density at radius 3 is 2.40 bits per heavy atom. The molecule has 4 nitrogen and oxygen atoms in total. The summed E-state index contributed by atoms with van der Waals surface area (Å²) in [6, 6.07) is 8.48. The minimum Gasteiger partial charge on any atom is -0.506 e. The van der Waals surface area contributed by atoms with E-state index in [1.807, 2.05) is 0 Å². The number of hydrogen-bond acceptors (Lipinski definition) is 2. The Balaban J connectivity index is 2.09. The van der Waals surface area contributed by atoms with Gasteiger partial charge in [-0.1, -0.05) is 34.8 Å². The van der Waals surface area contributed by atoms with Crippen LogP contribution in [0.25, 0.3) is 0 Å². The molecule has 0 bridgehead atoms. The van der Waals surface area contributed by atoms with E-state index in [0.717, 1.165) is 0 Å². The number of amides is 2. The van der Waals surface area contributed by atoms with Gasteiger partial charge in [0, 0.05) is 10.7 Å². The molecule has 0 spiro atoms. The maximum atomic E-state index is 11.8. The number of carbonyl (C=O) groups is 1. The monoisotopic (exact) mass is 330 g/mol. The normalized spacial score (nSPS) is 10.2. The molecule has 2 rings (SSSR count). The second-order valence-corrected chi connectivity index (χ2v) is 5.12. The number of anilines is 2. The SMILES string of the molecule is O=C(Nc1ccc(Cl)c(Cl)c1)Nc1cc(Cl)ccc1O. The van der Waals surface area contributed by atoms with E-state index in [-0.39, 0.29) is 11.4 Å². The lowest BCUT2D eigenvalue weighted by Gasteiger charge is -2.10. The van der Waals surface area contributed by atoms with E-state index in [0.29, 0.717) is 20.8 Å². The number of benzene rings is 2. The molecule has 0 radical (unpaired) electrons. The number of nitrogens with one attached hydrogen (secondary N) is 2. The molecule has 2 aromatic carbocycles. The molecule has 2 aromatic rings. The first-order valence-corrected chi connectivity index (χ1v) is 6.60. The molecular weight excluding hydrogens is 323 g/mol. The Hall–Kier alpha value is -1.62. The molecule has 0 aliphatic rings. The van der Waals surface area contributed by atoms with Crippen LogP contribution in [0.1, 0.15) is 0 Å². The number of hydrogen-bond donors (Lipinski definition) is 3. The van der Waals surface area contributed by atoms with E-state index < -0.39 is 6.03 Å². The van der Waals surface area contributed by atoms with Crippen LogP contribution in [-0.4, -0.2) is 11.1 Å². The smallest absolute Gasteiger partial charge is 0.323 e. The maximum Gasteiger partial charge on any atom is 0.323 e. The van der Waals surface area contributed by atoms with Crippen molar-refractivity contribution in [3.63, 3.8) is 0 Å². The van der Waals surface area contributed by atoms with Crippen molar-refractivity contribution < 1.29 is 9.90 Å². The summed E-state index contributed by atoms with van der Waals surface area (Å²) in [5.74, 6) is -0.0845. The molecule has 104 valence electrons. The van der Waals surface area contributed by atoms with Gasteiger partial charge in [-0.15, -0.1) is 0 Å². The van der Waals surface area contributed by atoms with E-state index in [9.17, 15) is 9.90 Å². The van der Waals surface area contributed by atoms with Crippen LogP contribution in [0.3, 0.4) is 0 Å². The van der Waals surface area contributed by atoms with Crippen molar-refractivity contribution in [2.24, 2.45) is 0 Å². The van der Waals surface area contributed by atoms with Gasteiger partial charge in [-0.3, -0.25) is 0 Å². The third kappa shape index (κ3) is 3.70. The van der Waals surface area contributed by atoms with Gasteiger partial charge in [-0.05, 0) is 36.4 Å². The first kappa shape index (κ1) is 14.8. The summed E-state index contributed by atoms with van der Waals surface area (Å²) in [6.07, 6.45) is 0. The van der Waals surface area contributed by atoms with Crippen LogP contribution >= 0.6 is 34.8 Å². The largest absolute Gasteiger partial charge is 0.506 e. The van der Waals surface area contributed by atoms with Gasteiger partial charge in [-0.25, -0.2) is 4.79 Å². The van der Waals surface area contributed by atoms with Crippen LogP contribution in [0.4, 0.5) is 16.2 Å². The molecule has 0 fully saturated rings. The minimum atomic E-state index is -0.541. The summed E-state index contributed by atoms with van der Waals surface area (Å²) in [6.45, 7) is 0. The minimum absolute atomic E-state index is 0.0845. The van der Waals surface area contributed by atoms with Crippen molar-refractivity contribution in [3.05, 3.63) is 51.5 Å². The molecule has 0 saturated carbocycles. The van der Waals surface area contributed by atoms with Gasteiger partial charge in [0.05, 0.1) is 15.7 Å². The highest BCUT2D eigenvalue weighted by atomic mass is 35.5. The fraction of sp³-hybridized carbons (Fsp3) is 0. The van der Waals surface area contributed by atoms with E-state index >= 15 is 0 Å². The predicted molar refractivity (Wildman–Crippen MR) is 82.2 cm³/mol. The summed E-state index contributed by atoms with van der Waals surface area (Å²) in [5.41, 5.74) is 0.675. The van der Waals surface area contributed by atoms with Crippen LogP contribution in [-0.2, 0) is 0 Å². The van der Waals surface area contributed by atoms with Crippen molar-refractivity contribution in [2.75, 3.05) is 10.6 Å². The number of rotatable bonds is 2. The summed E-state index contributed by atoms with van der Waals surface area (Å²) in [5, 5.41) is 15.7. The molecule has 0 atom stereocenters. The molecule has 0 aromatic heterocycles. The fourth-order valence-electron chi connectivity index (χ4n) is 1.47. The number of urea groups is 1. The first-order chi connectivity index (χ1) is 9.45. The van der Waals surface area contributed by atoms with Gasteiger partial charge in [-0.2, -0.15) is 0 Å². The number of carbonyl (C=O) groups excluding carboxylic acids is 1. The zero-order valence-corrected chi connectivity index (χ0v) is 12.2. The molecule has 7 heteroatoms. The highest BCUT2D eigenvalue weighted by Gasteiger charge is 2.08. The molecule has 3 N–H and O–H groups in total. The quantitative estimate of drug-likeness (QED) is 0.678. The van der Waals surface area contributed by atoms with Crippen LogP contribution in [0.2, 0.25) is 15.1 Å². The van der Waals surface area contributed by atoms with Crippen molar-refractivity contribution in [1.29, 1.82) is 0 Å². The molecule has 2 amide bonds. The topological polar surface area (TPSA) is 61.4 Å². The Labute approximate surface area is 130 Å². The van der Waals surface area contributed by atoms with Crippen molar-refractivity contribution in [3.8, 4) is 5.75 Å². The molecule has 0 saturated heterocycles. The average molecular weight is 332 g/mol. The van der Waals surface area contributed by atoms with E-state index in [2.05, 4.69) is 10.6 Å². The molecule has 20 heavy (non-hydrogen) atoms. The summed E-state index contributed by atoms with van der Waals surface area (Å²) < 4.78 is 0. The number of phenolic OH excluding ortho intramolecular Hbond substituents is 1. The van der Waals surface area contributed by atoms with Gasteiger partial charge in [0.2, 0.25) is 0 Å². The van der Waals surface area contributed by atoms with E-state index in [1.165, 1.54) is 24.3 Å². The standard InChI is InChI=1S/C13H9Cl3N2O2/c14-7-1-4-12(19)11(5-7)18-13(20)17-8-2-3-9(15)10(16)6-8/h1-6,19H,(H2,17,18,20). The lowest BCUT2D eigenvalue weighted by atomic mass is 10.3. The summed E-state index contributed by atoms with van der Waals surface area (Å²) in [7, 11) is 0. The van der Waals surface area contributed by atoms with Crippen molar-refractivity contribution in [2.45, 2.75) is 0 Å². The Bertz CT molecular complexity index is 662. The zero-order chi connectivity index (χ0) is 14.7. The predicted octanol–water partition coefficient (Wildman–Crippen LogP) is 5.00. The van der Waals surface area contributed by atoms with Gasteiger partial charge in [0.1, 0.15) is 5.75 Å². The maximum absolute atomic E-state index is 11.8. The second kappa shape index (κ2) is 6.22. The molecule has 0 aliphatic heterocycles. The Morgan fingerprint density at radius 1 is 0.950 bits per heavy atom. The lowest BCUT2D eigenvalue weighted by molar-refractivity contribution is 0.262. The van der Waals surface area contributed by atoms with Gasteiger partial charge in [0.25, 0.3) is 0 Å². The second-order valence-electron chi connectivity index (χ2n) is 3.87. The number of aromatic hydroxyl groups is 1. The van der Waals surface area contributed by atoms with Crippen LogP contribution in [0.5, 0.6) is 5.75 Å².